The van der Waals surface area contributed by atoms with Gasteiger partial charge in [-0.2, -0.15) is 0 Å². The van der Waals surface area contributed by atoms with Crippen LogP contribution in [0, 0.1) is 17.7 Å². The maximum absolute atomic E-state index is 12.7. The summed E-state index contributed by atoms with van der Waals surface area (Å²) >= 11 is 0. The van der Waals surface area contributed by atoms with Crippen molar-refractivity contribution in [2.75, 3.05) is 6.54 Å². The molecule has 0 bridgehead atoms. The van der Waals surface area contributed by atoms with Crippen molar-refractivity contribution in [3.63, 3.8) is 0 Å². The summed E-state index contributed by atoms with van der Waals surface area (Å²) < 4.78 is 12.7. The highest BCUT2D eigenvalue weighted by Gasteiger charge is 2.22. The molecule has 0 spiro atoms. The molecule has 0 fully saturated rings. The van der Waals surface area contributed by atoms with Gasteiger partial charge in [-0.05, 0) is 30.2 Å². The molecule has 0 saturated carbocycles. The Morgan fingerprint density at radius 2 is 1.83 bits per heavy atom. The smallest absolute Gasteiger partial charge is 0.308 e. The van der Waals surface area contributed by atoms with Crippen molar-refractivity contribution in [2.24, 2.45) is 11.8 Å². The van der Waals surface area contributed by atoms with Gasteiger partial charge in [-0.1, -0.05) is 13.8 Å². The van der Waals surface area contributed by atoms with Gasteiger partial charge in [0, 0.05) is 12.1 Å². The molecule has 0 aromatic heterocycles. The molecule has 0 saturated heterocycles. The van der Waals surface area contributed by atoms with Crippen molar-refractivity contribution in [2.45, 2.75) is 13.8 Å². The van der Waals surface area contributed by atoms with E-state index in [2.05, 4.69) is 5.32 Å². The molecule has 0 aliphatic heterocycles. The Balaban J connectivity index is 2.60. The van der Waals surface area contributed by atoms with Crippen LogP contribution in [0.3, 0.4) is 0 Å². The highest BCUT2D eigenvalue weighted by Crippen LogP contribution is 2.10. The number of benzene rings is 1. The number of hydrogen-bond acceptors (Lipinski definition) is 2. The average molecular weight is 253 g/mol. The number of nitrogens with one attached hydrogen (secondary N) is 1. The minimum absolute atomic E-state index is 0.0587. The van der Waals surface area contributed by atoms with Gasteiger partial charge in [0.25, 0.3) is 5.91 Å². The molecule has 0 heterocycles. The summed E-state index contributed by atoms with van der Waals surface area (Å²) in [6.45, 7) is 3.62. The third-order valence-electron chi connectivity index (χ3n) is 2.71. The maximum atomic E-state index is 12.7. The first-order valence-corrected chi connectivity index (χ1v) is 5.68. The molecule has 5 heteroatoms. The van der Waals surface area contributed by atoms with E-state index >= 15 is 0 Å². The van der Waals surface area contributed by atoms with Crippen LogP contribution < -0.4 is 5.32 Å². The van der Waals surface area contributed by atoms with Crippen LogP contribution in [-0.4, -0.2) is 23.5 Å². The standard InChI is InChI=1S/C13H16FNO3/c1-8(2)11(13(17)18)7-15-12(16)9-3-5-10(14)6-4-9/h3-6,8,11H,7H2,1-2H3,(H,15,16)(H,17,18). The first-order chi connectivity index (χ1) is 8.41. The van der Waals surface area contributed by atoms with Crippen molar-refractivity contribution >= 4 is 11.9 Å². The van der Waals surface area contributed by atoms with Crippen LogP contribution in [0.25, 0.3) is 0 Å². The monoisotopic (exact) mass is 253 g/mol. The SMILES string of the molecule is CC(C)C(CNC(=O)c1ccc(F)cc1)C(=O)O. The number of halogens is 1. The van der Waals surface area contributed by atoms with E-state index in [0.717, 1.165) is 0 Å². The highest BCUT2D eigenvalue weighted by atomic mass is 19.1. The third-order valence-corrected chi connectivity index (χ3v) is 2.71. The van der Waals surface area contributed by atoms with E-state index in [1.165, 1.54) is 24.3 Å². The number of carboxylic acid groups (broad SMARTS) is 1. The fourth-order valence-corrected chi connectivity index (χ4v) is 1.51. The fourth-order valence-electron chi connectivity index (χ4n) is 1.51. The van der Waals surface area contributed by atoms with Gasteiger partial charge >= 0.3 is 5.97 Å². The molecule has 0 radical (unpaired) electrons. The molecule has 1 aromatic carbocycles. The molecule has 4 nitrogen and oxygen atoms in total. The first-order valence-electron chi connectivity index (χ1n) is 5.68. The van der Waals surface area contributed by atoms with Crippen LogP contribution in [0.5, 0.6) is 0 Å². The zero-order valence-electron chi connectivity index (χ0n) is 10.3. The largest absolute Gasteiger partial charge is 0.481 e. The predicted molar refractivity (Wildman–Crippen MR) is 64.7 cm³/mol. The van der Waals surface area contributed by atoms with Crippen molar-refractivity contribution in [1.82, 2.24) is 5.32 Å². The van der Waals surface area contributed by atoms with Crippen LogP contribution >= 0.6 is 0 Å². The van der Waals surface area contributed by atoms with Gasteiger partial charge in [-0.25, -0.2) is 4.39 Å². The lowest BCUT2D eigenvalue weighted by Gasteiger charge is -2.16. The number of aliphatic carboxylic acids is 1. The molecule has 98 valence electrons. The summed E-state index contributed by atoms with van der Waals surface area (Å²) in [4.78, 5) is 22.6. The molecule has 1 atom stereocenters. The molecule has 0 aliphatic rings. The summed E-state index contributed by atoms with van der Waals surface area (Å²) in [5.41, 5.74) is 0.310. The molecule has 1 aromatic rings. The van der Waals surface area contributed by atoms with Crippen molar-refractivity contribution in [3.8, 4) is 0 Å². The second kappa shape index (κ2) is 6.14. The second-order valence-electron chi connectivity index (χ2n) is 4.41. The van der Waals surface area contributed by atoms with Gasteiger partial charge in [-0.3, -0.25) is 9.59 Å². The fraction of sp³-hybridized carbons (Fsp3) is 0.385. The Labute approximate surface area is 105 Å². The number of carbonyl (C=O) groups is 2. The van der Waals surface area contributed by atoms with E-state index in [-0.39, 0.29) is 12.5 Å². The van der Waals surface area contributed by atoms with Gasteiger partial charge in [0.15, 0.2) is 0 Å². The van der Waals surface area contributed by atoms with Gasteiger partial charge in [0.2, 0.25) is 0 Å². The number of rotatable bonds is 5. The van der Waals surface area contributed by atoms with Gasteiger partial charge < -0.3 is 10.4 Å². The number of carboxylic acids is 1. The molecule has 18 heavy (non-hydrogen) atoms. The number of carbonyl (C=O) groups excluding carboxylic acids is 1. The second-order valence-corrected chi connectivity index (χ2v) is 4.41. The van der Waals surface area contributed by atoms with E-state index < -0.39 is 23.6 Å². The molecular formula is C13H16FNO3. The van der Waals surface area contributed by atoms with Gasteiger partial charge in [0.1, 0.15) is 5.82 Å². The maximum Gasteiger partial charge on any atom is 0.308 e. The summed E-state index contributed by atoms with van der Waals surface area (Å²) in [7, 11) is 0. The predicted octanol–water partition coefficient (Wildman–Crippen LogP) is 1.91. The lowest BCUT2D eigenvalue weighted by atomic mass is 9.96. The lowest BCUT2D eigenvalue weighted by molar-refractivity contribution is -0.142. The Kier molecular flexibility index (Phi) is 4.83. The Hall–Kier alpha value is -1.91. The van der Waals surface area contributed by atoms with E-state index in [1.807, 2.05) is 0 Å². The molecule has 1 unspecified atom stereocenters. The highest BCUT2D eigenvalue weighted by molar-refractivity contribution is 5.94. The summed E-state index contributed by atoms with van der Waals surface area (Å²) in [6, 6.07) is 5.09. The summed E-state index contributed by atoms with van der Waals surface area (Å²) in [5.74, 6) is -2.46. The summed E-state index contributed by atoms with van der Waals surface area (Å²) in [6.07, 6.45) is 0. The molecule has 1 amide bonds. The van der Waals surface area contributed by atoms with E-state index in [9.17, 15) is 14.0 Å². The average Bonchev–Trinajstić information content (AvgIpc) is 2.28. The van der Waals surface area contributed by atoms with Gasteiger partial charge in [-0.15, -0.1) is 0 Å². The third kappa shape index (κ3) is 3.84. The van der Waals surface area contributed by atoms with Gasteiger partial charge in [0.05, 0.1) is 5.92 Å². The van der Waals surface area contributed by atoms with E-state index in [1.54, 1.807) is 13.8 Å². The van der Waals surface area contributed by atoms with E-state index in [4.69, 9.17) is 5.11 Å². The van der Waals surface area contributed by atoms with Crippen LogP contribution in [0.4, 0.5) is 4.39 Å². The Morgan fingerprint density at radius 1 is 1.28 bits per heavy atom. The zero-order chi connectivity index (χ0) is 13.7. The number of hydrogen-bond donors (Lipinski definition) is 2. The molecular weight excluding hydrogens is 237 g/mol. The van der Waals surface area contributed by atoms with Crippen LogP contribution in [-0.2, 0) is 4.79 Å². The summed E-state index contributed by atoms with van der Waals surface area (Å²) in [5, 5.41) is 11.5. The minimum Gasteiger partial charge on any atom is -0.481 e. The number of amides is 1. The van der Waals surface area contributed by atoms with Crippen LogP contribution in [0.15, 0.2) is 24.3 Å². The van der Waals surface area contributed by atoms with Crippen LogP contribution in [0.1, 0.15) is 24.2 Å². The van der Waals surface area contributed by atoms with E-state index in [0.29, 0.717) is 5.56 Å². The zero-order valence-corrected chi connectivity index (χ0v) is 10.3. The Morgan fingerprint density at radius 3 is 2.28 bits per heavy atom. The molecule has 0 aliphatic carbocycles. The quantitative estimate of drug-likeness (QED) is 0.842. The Bertz CT molecular complexity index is 428. The normalized spacial score (nSPS) is 12.2. The molecule has 1 rings (SSSR count). The minimum atomic E-state index is -0.940. The van der Waals surface area contributed by atoms with Crippen molar-refractivity contribution in [1.29, 1.82) is 0 Å². The molecule has 2 N–H and O–H groups in total. The topological polar surface area (TPSA) is 66.4 Å². The van der Waals surface area contributed by atoms with Crippen molar-refractivity contribution < 1.29 is 19.1 Å². The lowest BCUT2D eigenvalue weighted by Crippen LogP contribution is -2.35. The first kappa shape index (κ1) is 14.2. The van der Waals surface area contributed by atoms with Crippen LogP contribution in [0.2, 0.25) is 0 Å². The van der Waals surface area contributed by atoms with Crippen molar-refractivity contribution in [3.05, 3.63) is 35.6 Å².